The zero-order valence-corrected chi connectivity index (χ0v) is 13.3. The van der Waals surface area contributed by atoms with Crippen LogP contribution in [0.2, 0.25) is 0 Å². The highest BCUT2D eigenvalue weighted by molar-refractivity contribution is 9.10. The van der Waals surface area contributed by atoms with E-state index < -0.39 is 16.1 Å². The maximum absolute atomic E-state index is 12.1. The minimum atomic E-state index is -3.56. The second kappa shape index (κ2) is 7.35. The molecule has 1 rings (SSSR count). The Bertz CT molecular complexity index is 518. The number of halogens is 1. The van der Waals surface area contributed by atoms with Crippen molar-refractivity contribution in [2.75, 3.05) is 20.3 Å². The summed E-state index contributed by atoms with van der Waals surface area (Å²) >= 11 is 3.25. The second-order valence-corrected chi connectivity index (χ2v) is 6.86. The summed E-state index contributed by atoms with van der Waals surface area (Å²) in [4.78, 5) is 0.239. The van der Waals surface area contributed by atoms with E-state index in [2.05, 4.69) is 20.7 Å². The van der Waals surface area contributed by atoms with Gasteiger partial charge in [0, 0.05) is 18.1 Å². The van der Waals surface area contributed by atoms with E-state index >= 15 is 0 Å². The molecule has 0 aliphatic carbocycles. The summed E-state index contributed by atoms with van der Waals surface area (Å²) in [7, 11) is -2.07. The lowest BCUT2D eigenvalue weighted by molar-refractivity contribution is 0.0603. The van der Waals surface area contributed by atoms with Crippen molar-refractivity contribution in [1.29, 1.82) is 0 Å². The van der Waals surface area contributed by atoms with Gasteiger partial charge in [0.05, 0.1) is 17.6 Å². The Morgan fingerprint density at radius 2 is 2.16 bits per heavy atom. The predicted octanol–water partition coefficient (Wildman–Crippen LogP) is 1.43. The molecule has 0 spiro atoms. The van der Waals surface area contributed by atoms with E-state index in [9.17, 15) is 13.5 Å². The van der Waals surface area contributed by atoms with E-state index in [1.54, 1.807) is 25.1 Å². The normalized spacial score (nSPS) is 13.5. The number of sulfonamides is 1. The molecule has 0 aliphatic heterocycles. The SMILES string of the molecule is COCC(O)CCNS(=O)(=O)c1cc(Br)ccc1C. The van der Waals surface area contributed by atoms with Gasteiger partial charge in [-0.2, -0.15) is 0 Å². The molecule has 0 fully saturated rings. The van der Waals surface area contributed by atoms with E-state index in [4.69, 9.17) is 4.74 Å². The minimum Gasteiger partial charge on any atom is -0.391 e. The van der Waals surface area contributed by atoms with Crippen molar-refractivity contribution in [3.05, 3.63) is 28.2 Å². The first-order valence-corrected chi connectivity index (χ1v) is 8.07. The monoisotopic (exact) mass is 351 g/mol. The zero-order valence-electron chi connectivity index (χ0n) is 10.9. The van der Waals surface area contributed by atoms with Crippen LogP contribution < -0.4 is 4.72 Å². The molecule has 0 saturated heterocycles. The Labute approximate surface area is 122 Å². The van der Waals surface area contributed by atoms with Gasteiger partial charge in [0.25, 0.3) is 0 Å². The zero-order chi connectivity index (χ0) is 14.5. The van der Waals surface area contributed by atoms with Crippen LogP contribution in [-0.4, -0.2) is 39.9 Å². The summed E-state index contributed by atoms with van der Waals surface area (Å²) < 4.78 is 32.1. The molecule has 108 valence electrons. The summed E-state index contributed by atoms with van der Waals surface area (Å²) in [5.74, 6) is 0. The molecule has 1 aromatic carbocycles. The van der Waals surface area contributed by atoms with Gasteiger partial charge < -0.3 is 9.84 Å². The van der Waals surface area contributed by atoms with Gasteiger partial charge in [-0.3, -0.25) is 0 Å². The van der Waals surface area contributed by atoms with Crippen LogP contribution in [0.4, 0.5) is 0 Å². The van der Waals surface area contributed by atoms with Gasteiger partial charge in [0.1, 0.15) is 0 Å². The molecule has 1 unspecified atom stereocenters. The maximum atomic E-state index is 12.1. The highest BCUT2D eigenvalue weighted by atomic mass is 79.9. The van der Waals surface area contributed by atoms with Gasteiger partial charge in [0.2, 0.25) is 10.0 Å². The standard InChI is InChI=1S/C12H18BrNO4S/c1-9-3-4-10(13)7-12(9)19(16,17)14-6-5-11(15)8-18-2/h3-4,7,11,14-15H,5-6,8H2,1-2H3. The molecule has 0 saturated carbocycles. The number of hydrogen-bond acceptors (Lipinski definition) is 4. The quantitative estimate of drug-likeness (QED) is 0.779. The number of methoxy groups -OCH3 is 1. The summed E-state index contributed by atoms with van der Waals surface area (Å²) in [6.45, 7) is 2.09. The fourth-order valence-electron chi connectivity index (χ4n) is 1.58. The fraction of sp³-hybridized carbons (Fsp3) is 0.500. The third-order valence-electron chi connectivity index (χ3n) is 2.57. The van der Waals surface area contributed by atoms with Crippen molar-refractivity contribution in [1.82, 2.24) is 4.72 Å². The van der Waals surface area contributed by atoms with Gasteiger partial charge in [-0.25, -0.2) is 13.1 Å². The van der Waals surface area contributed by atoms with Crippen LogP contribution in [0.5, 0.6) is 0 Å². The number of benzene rings is 1. The van der Waals surface area contributed by atoms with Crippen LogP contribution in [0.15, 0.2) is 27.6 Å². The number of nitrogens with one attached hydrogen (secondary N) is 1. The molecule has 2 N–H and O–H groups in total. The molecule has 1 aromatic rings. The van der Waals surface area contributed by atoms with Crippen molar-refractivity contribution in [2.24, 2.45) is 0 Å². The highest BCUT2D eigenvalue weighted by Gasteiger charge is 2.17. The lowest BCUT2D eigenvalue weighted by atomic mass is 10.2. The Balaban J connectivity index is 2.68. The molecule has 19 heavy (non-hydrogen) atoms. The Morgan fingerprint density at radius 1 is 1.47 bits per heavy atom. The van der Waals surface area contributed by atoms with Gasteiger partial charge >= 0.3 is 0 Å². The summed E-state index contributed by atoms with van der Waals surface area (Å²) in [5.41, 5.74) is 0.674. The fourth-order valence-corrected chi connectivity index (χ4v) is 3.41. The smallest absolute Gasteiger partial charge is 0.240 e. The predicted molar refractivity (Wildman–Crippen MR) is 76.6 cm³/mol. The van der Waals surface area contributed by atoms with E-state index in [1.165, 1.54) is 7.11 Å². The molecule has 0 heterocycles. The molecule has 0 bridgehead atoms. The second-order valence-electron chi connectivity index (χ2n) is 4.21. The molecule has 7 heteroatoms. The van der Waals surface area contributed by atoms with Crippen LogP contribution in [0.1, 0.15) is 12.0 Å². The number of aliphatic hydroxyl groups excluding tert-OH is 1. The van der Waals surface area contributed by atoms with Gasteiger partial charge in [0.15, 0.2) is 0 Å². The maximum Gasteiger partial charge on any atom is 0.240 e. The molecule has 5 nitrogen and oxygen atoms in total. The van der Waals surface area contributed by atoms with E-state index in [0.717, 1.165) is 0 Å². The highest BCUT2D eigenvalue weighted by Crippen LogP contribution is 2.20. The average Bonchev–Trinajstić information content (AvgIpc) is 2.32. The molecule has 0 aliphatic rings. The summed E-state index contributed by atoms with van der Waals surface area (Å²) in [6.07, 6.45) is -0.364. The van der Waals surface area contributed by atoms with Gasteiger partial charge in [-0.15, -0.1) is 0 Å². The first kappa shape index (κ1) is 16.6. The first-order valence-electron chi connectivity index (χ1n) is 5.79. The average molecular weight is 352 g/mol. The van der Waals surface area contributed by atoms with Crippen molar-refractivity contribution in [3.8, 4) is 0 Å². The topological polar surface area (TPSA) is 75.6 Å². The Morgan fingerprint density at radius 3 is 2.79 bits per heavy atom. The van der Waals surface area contributed by atoms with Crippen molar-refractivity contribution in [2.45, 2.75) is 24.3 Å². The summed E-state index contributed by atoms with van der Waals surface area (Å²) in [5, 5.41) is 9.45. The Hall–Kier alpha value is -0.470. The number of aliphatic hydroxyl groups is 1. The van der Waals surface area contributed by atoms with Crippen LogP contribution >= 0.6 is 15.9 Å². The number of hydrogen-bond donors (Lipinski definition) is 2. The van der Waals surface area contributed by atoms with Crippen molar-refractivity contribution in [3.63, 3.8) is 0 Å². The molecular formula is C12H18BrNO4S. The first-order chi connectivity index (χ1) is 8.86. The summed E-state index contributed by atoms with van der Waals surface area (Å²) in [6, 6.07) is 5.08. The third-order valence-corrected chi connectivity index (χ3v) is 4.66. The van der Waals surface area contributed by atoms with E-state index in [1.807, 2.05) is 0 Å². The number of ether oxygens (including phenoxy) is 1. The van der Waals surface area contributed by atoms with Crippen LogP contribution in [0.25, 0.3) is 0 Å². The molecular weight excluding hydrogens is 334 g/mol. The van der Waals surface area contributed by atoms with Gasteiger partial charge in [-0.05, 0) is 31.0 Å². The molecule has 0 radical (unpaired) electrons. The van der Waals surface area contributed by atoms with Crippen LogP contribution in [0.3, 0.4) is 0 Å². The van der Waals surface area contributed by atoms with E-state index in [-0.39, 0.29) is 18.0 Å². The number of rotatable bonds is 7. The number of aryl methyl sites for hydroxylation is 1. The lowest BCUT2D eigenvalue weighted by Gasteiger charge is -2.12. The van der Waals surface area contributed by atoms with Gasteiger partial charge in [-0.1, -0.05) is 22.0 Å². The lowest BCUT2D eigenvalue weighted by Crippen LogP contribution is -2.29. The van der Waals surface area contributed by atoms with E-state index in [0.29, 0.717) is 16.5 Å². The Kier molecular flexibility index (Phi) is 6.41. The van der Waals surface area contributed by atoms with Crippen molar-refractivity contribution < 1.29 is 18.3 Å². The molecule has 0 aromatic heterocycles. The minimum absolute atomic E-state index is 0.165. The molecule has 0 amide bonds. The van der Waals surface area contributed by atoms with Crippen LogP contribution in [-0.2, 0) is 14.8 Å². The third kappa shape index (κ3) is 5.19. The van der Waals surface area contributed by atoms with Crippen molar-refractivity contribution >= 4 is 26.0 Å². The van der Waals surface area contributed by atoms with Crippen LogP contribution in [0, 0.1) is 6.92 Å². The molecule has 1 atom stereocenters. The largest absolute Gasteiger partial charge is 0.391 e.